The van der Waals surface area contributed by atoms with E-state index in [1.165, 1.54) is 18.4 Å². The van der Waals surface area contributed by atoms with Crippen molar-refractivity contribution in [3.05, 3.63) is 16.0 Å². The van der Waals surface area contributed by atoms with E-state index >= 15 is 0 Å². The van der Waals surface area contributed by atoms with E-state index in [2.05, 4.69) is 5.32 Å². The Morgan fingerprint density at radius 3 is 2.17 bits per heavy atom. The molecule has 0 aliphatic rings. The second-order valence-electron chi connectivity index (χ2n) is 5.29. The maximum absolute atomic E-state index is 12.4. The predicted octanol–water partition coefficient (Wildman–Crippen LogP) is 1.68. The Labute approximate surface area is 146 Å². The van der Waals surface area contributed by atoms with Crippen molar-refractivity contribution in [3.8, 4) is 0 Å². The molecule has 1 heterocycles. The van der Waals surface area contributed by atoms with Gasteiger partial charge >= 0.3 is 5.97 Å². The Balaban J connectivity index is 2.78. The van der Waals surface area contributed by atoms with Crippen LogP contribution in [0.25, 0.3) is 0 Å². The summed E-state index contributed by atoms with van der Waals surface area (Å²) in [6, 6.07) is 0. The number of carbonyl (C=O) groups is 2. The molecule has 0 spiro atoms. The lowest BCUT2D eigenvalue weighted by Crippen LogP contribution is -2.37. The van der Waals surface area contributed by atoms with Gasteiger partial charge in [0.2, 0.25) is 5.91 Å². The molecule has 0 aliphatic heterocycles. The number of aryl methyl sites for hydroxylation is 1. The number of thiophene rings is 1. The highest BCUT2D eigenvalue weighted by Gasteiger charge is 2.22. The van der Waals surface area contributed by atoms with Crippen LogP contribution in [0.1, 0.15) is 20.8 Å². The van der Waals surface area contributed by atoms with E-state index in [4.69, 9.17) is 14.2 Å². The fraction of sp³-hybridized carbons (Fsp3) is 0.625. The molecule has 1 N–H and O–H groups in total. The van der Waals surface area contributed by atoms with Gasteiger partial charge in [0.15, 0.2) is 0 Å². The molecular weight excluding hydrogens is 332 g/mol. The second kappa shape index (κ2) is 10.4. The Morgan fingerprint density at radius 1 is 1.08 bits per heavy atom. The highest BCUT2D eigenvalue weighted by molar-refractivity contribution is 7.16. The molecule has 7 nitrogen and oxygen atoms in total. The van der Waals surface area contributed by atoms with Crippen molar-refractivity contribution >= 4 is 28.2 Å². The van der Waals surface area contributed by atoms with Crippen LogP contribution in [0.3, 0.4) is 0 Å². The van der Waals surface area contributed by atoms with Gasteiger partial charge in [-0.3, -0.25) is 9.69 Å². The van der Waals surface area contributed by atoms with Gasteiger partial charge in [0.25, 0.3) is 0 Å². The molecule has 0 aliphatic carbocycles. The summed E-state index contributed by atoms with van der Waals surface area (Å²) in [5, 5.41) is 3.35. The number of esters is 1. The third-order valence-electron chi connectivity index (χ3n) is 3.62. The zero-order valence-corrected chi connectivity index (χ0v) is 15.7. The number of hydrogen-bond acceptors (Lipinski definition) is 7. The summed E-state index contributed by atoms with van der Waals surface area (Å²) in [5.74, 6) is -0.628. The molecule has 0 saturated heterocycles. The molecule has 24 heavy (non-hydrogen) atoms. The van der Waals surface area contributed by atoms with E-state index in [9.17, 15) is 9.59 Å². The van der Waals surface area contributed by atoms with Crippen molar-refractivity contribution < 1.29 is 23.8 Å². The SMILES string of the molecule is COCCN(CCOC)CC(=O)Nc1sc(C)c(C)c1C(=O)OC. The highest BCUT2D eigenvalue weighted by atomic mass is 32.1. The van der Waals surface area contributed by atoms with Crippen LogP contribution in [-0.2, 0) is 19.0 Å². The number of carbonyl (C=O) groups excluding carboxylic acids is 2. The van der Waals surface area contributed by atoms with Gasteiger partial charge in [-0.05, 0) is 19.4 Å². The summed E-state index contributed by atoms with van der Waals surface area (Å²) in [6.45, 7) is 6.26. The van der Waals surface area contributed by atoms with E-state index in [-0.39, 0.29) is 12.5 Å². The largest absolute Gasteiger partial charge is 0.465 e. The molecule has 1 amide bonds. The van der Waals surface area contributed by atoms with Gasteiger partial charge in [0.05, 0.1) is 32.4 Å². The second-order valence-corrected chi connectivity index (χ2v) is 6.51. The number of amides is 1. The summed E-state index contributed by atoms with van der Waals surface area (Å²) in [6.07, 6.45) is 0. The molecule has 0 bridgehead atoms. The lowest BCUT2D eigenvalue weighted by molar-refractivity contribution is -0.117. The van der Waals surface area contributed by atoms with E-state index < -0.39 is 5.97 Å². The molecule has 1 aromatic rings. The molecule has 136 valence electrons. The first-order chi connectivity index (χ1) is 11.4. The van der Waals surface area contributed by atoms with Crippen LogP contribution in [0.15, 0.2) is 0 Å². The molecule has 1 rings (SSSR count). The number of nitrogens with zero attached hydrogens (tertiary/aromatic N) is 1. The number of ether oxygens (including phenoxy) is 3. The number of hydrogen-bond donors (Lipinski definition) is 1. The predicted molar refractivity (Wildman–Crippen MR) is 94.0 cm³/mol. The molecule has 0 saturated carbocycles. The zero-order chi connectivity index (χ0) is 18.1. The van der Waals surface area contributed by atoms with Crippen LogP contribution in [0.4, 0.5) is 5.00 Å². The van der Waals surface area contributed by atoms with Crippen molar-refractivity contribution in [2.75, 3.05) is 59.5 Å². The lowest BCUT2D eigenvalue weighted by atomic mass is 10.1. The standard InChI is InChI=1S/C16H26N2O5S/c1-11-12(2)24-15(14(11)16(20)23-5)17-13(19)10-18(6-8-21-3)7-9-22-4/h6-10H2,1-5H3,(H,17,19). The smallest absolute Gasteiger partial charge is 0.341 e. The topological polar surface area (TPSA) is 77.1 Å². The van der Waals surface area contributed by atoms with Gasteiger partial charge in [-0.15, -0.1) is 11.3 Å². The fourth-order valence-electron chi connectivity index (χ4n) is 2.14. The van der Waals surface area contributed by atoms with Crippen LogP contribution < -0.4 is 5.32 Å². The van der Waals surface area contributed by atoms with Crippen molar-refractivity contribution in [1.82, 2.24) is 4.90 Å². The van der Waals surface area contributed by atoms with Crippen LogP contribution in [0.5, 0.6) is 0 Å². The number of methoxy groups -OCH3 is 3. The third kappa shape index (κ3) is 5.86. The molecule has 0 fully saturated rings. The third-order valence-corrected chi connectivity index (χ3v) is 4.74. The maximum Gasteiger partial charge on any atom is 0.341 e. The average Bonchev–Trinajstić information content (AvgIpc) is 2.83. The molecule has 0 aromatic carbocycles. The van der Waals surface area contributed by atoms with Crippen molar-refractivity contribution in [2.45, 2.75) is 13.8 Å². The van der Waals surface area contributed by atoms with Gasteiger partial charge in [0.1, 0.15) is 5.00 Å². The van der Waals surface area contributed by atoms with E-state index in [1.807, 2.05) is 18.7 Å². The van der Waals surface area contributed by atoms with Gasteiger partial charge < -0.3 is 19.5 Å². The normalized spacial score (nSPS) is 10.9. The first kappa shape index (κ1) is 20.6. The summed E-state index contributed by atoms with van der Waals surface area (Å²) in [4.78, 5) is 27.2. The lowest BCUT2D eigenvalue weighted by Gasteiger charge is -2.20. The molecule has 8 heteroatoms. The van der Waals surface area contributed by atoms with Gasteiger partial charge in [-0.1, -0.05) is 0 Å². The quantitative estimate of drug-likeness (QED) is 0.641. The summed E-state index contributed by atoms with van der Waals surface area (Å²) in [7, 11) is 4.57. The minimum absolute atomic E-state index is 0.186. The van der Waals surface area contributed by atoms with Crippen molar-refractivity contribution in [2.24, 2.45) is 0 Å². The summed E-state index contributed by atoms with van der Waals surface area (Å²) >= 11 is 1.38. The highest BCUT2D eigenvalue weighted by Crippen LogP contribution is 2.32. The number of anilines is 1. The monoisotopic (exact) mass is 358 g/mol. The number of rotatable bonds is 10. The molecule has 0 unspecified atom stereocenters. The first-order valence-corrected chi connectivity index (χ1v) is 8.44. The van der Waals surface area contributed by atoms with Crippen LogP contribution in [0, 0.1) is 13.8 Å². The maximum atomic E-state index is 12.4. The average molecular weight is 358 g/mol. The first-order valence-electron chi connectivity index (χ1n) is 7.62. The Hall–Kier alpha value is -1.48. The minimum atomic E-state index is -0.442. The molecular formula is C16H26N2O5S. The Bertz CT molecular complexity index is 551. The fourth-order valence-corrected chi connectivity index (χ4v) is 3.21. The van der Waals surface area contributed by atoms with Crippen molar-refractivity contribution in [1.29, 1.82) is 0 Å². The molecule has 0 atom stereocenters. The van der Waals surface area contributed by atoms with E-state index in [0.717, 1.165) is 10.4 Å². The van der Waals surface area contributed by atoms with Gasteiger partial charge in [-0.25, -0.2) is 4.79 Å². The molecule has 0 radical (unpaired) electrons. The summed E-state index contributed by atoms with van der Waals surface area (Å²) in [5.41, 5.74) is 1.26. The minimum Gasteiger partial charge on any atom is -0.465 e. The Kier molecular flexibility index (Phi) is 8.91. The van der Waals surface area contributed by atoms with Crippen molar-refractivity contribution in [3.63, 3.8) is 0 Å². The van der Waals surface area contributed by atoms with E-state index in [1.54, 1.807) is 14.2 Å². The van der Waals surface area contributed by atoms with Crippen LogP contribution >= 0.6 is 11.3 Å². The van der Waals surface area contributed by atoms with Gasteiger partial charge in [-0.2, -0.15) is 0 Å². The zero-order valence-electron chi connectivity index (χ0n) is 14.9. The molecule has 1 aromatic heterocycles. The van der Waals surface area contributed by atoms with Gasteiger partial charge in [0, 0.05) is 32.2 Å². The van der Waals surface area contributed by atoms with Crippen LogP contribution in [-0.4, -0.2) is 71.0 Å². The Morgan fingerprint density at radius 2 is 1.67 bits per heavy atom. The summed E-state index contributed by atoms with van der Waals surface area (Å²) < 4.78 is 14.9. The van der Waals surface area contributed by atoms with Crippen LogP contribution in [0.2, 0.25) is 0 Å². The van der Waals surface area contributed by atoms with E-state index in [0.29, 0.717) is 36.9 Å². The number of nitrogens with one attached hydrogen (secondary N) is 1.